The Labute approximate surface area is 125 Å². The molecule has 0 atom stereocenters. The van der Waals surface area contributed by atoms with E-state index >= 15 is 0 Å². The van der Waals surface area contributed by atoms with Gasteiger partial charge in [0.25, 0.3) is 0 Å². The smallest absolute Gasteiger partial charge is 0.156 e. The predicted molar refractivity (Wildman–Crippen MR) is 81.5 cm³/mol. The molecule has 3 heterocycles. The molecular weight excluding hydrogens is 264 g/mol. The molecule has 0 spiro atoms. The van der Waals surface area contributed by atoms with Crippen molar-refractivity contribution in [3.8, 4) is 0 Å². The number of nitrogens with zero attached hydrogens (tertiary/aromatic N) is 4. The van der Waals surface area contributed by atoms with Crippen molar-refractivity contribution >= 4 is 11.9 Å². The minimum absolute atomic E-state index is 0.640. The van der Waals surface area contributed by atoms with Gasteiger partial charge in [-0.3, -0.25) is 4.79 Å². The number of piperidine rings is 1. The van der Waals surface area contributed by atoms with Crippen molar-refractivity contribution in [1.29, 1.82) is 0 Å². The van der Waals surface area contributed by atoms with Crippen molar-refractivity contribution in [2.75, 3.05) is 13.1 Å². The summed E-state index contributed by atoms with van der Waals surface area (Å²) >= 11 is 0. The van der Waals surface area contributed by atoms with Crippen LogP contribution in [0.1, 0.15) is 42.9 Å². The van der Waals surface area contributed by atoms with Crippen LogP contribution < -0.4 is 0 Å². The van der Waals surface area contributed by atoms with E-state index in [4.69, 9.17) is 0 Å². The van der Waals surface area contributed by atoms with E-state index in [9.17, 15) is 4.79 Å². The lowest BCUT2D eigenvalue weighted by Crippen LogP contribution is -2.38. The molecular formula is C16H22N4O. The van der Waals surface area contributed by atoms with Gasteiger partial charge >= 0.3 is 0 Å². The third-order valence-electron chi connectivity index (χ3n) is 4.39. The van der Waals surface area contributed by atoms with Crippen LogP contribution in [0.3, 0.4) is 0 Å². The average Bonchev–Trinajstić information content (AvgIpc) is 2.88. The summed E-state index contributed by atoms with van der Waals surface area (Å²) < 4.78 is 1.76. The first-order chi connectivity index (χ1) is 10.2. The molecule has 0 bridgehead atoms. The van der Waals surface area contributed by atoms with Crippen LogP contribution in [0.2, 0.25) is 0 Å². The van der Waals surface area contributed by atoms with E-state index < -0.39 is 0 Å². The molecule has 0 amide bonds. The number of carbonyl (C=O) groups excluding carboxylic acids is 1. The van der Waals surface area contributed by atoms with Crippen molar-refractivity contribution in [2.45, 2.75) is 39.2 Å². The highest BCUT2D eigenvalue weighted by Gasteiger charge is 2.22. The standard InChI is InChI=1S/C16H22N4O/c1-12(2)19-6-3-13(4-7-19)9-15-17-16-10-14(11-21)5-8-20(16)18-15/h5,8,10-13H,3-4,6-7,9H2,1-2H3. The van der Waals surface area contributed by atoms with Gasteiger partial charge in [-0.25, -0.2) is 9.50 Å². The van der Waals surface area contributed by atoms with Gasteiger partial charge in [0.1, 0.15) is 6.29 Å². The van der Waals surface area contributed by atoms with Gasteiger partial charge in [-0.05, 0) is 57.8 Å². The highest BCUT2D eigenvalue weighted by Crippen LogP contribution is 2.22. The van der Waals surface area contributed by atoms with Gasteiger partial charge in [-0.2, -0.15) is 5.10 Å². The predicted octanol–water partition coefficient (Wildman–Crippen LogP) is 2.20. The van der Waals surface area contributed by atoms with E-state index in [0.29, 0.717) is 17.5 Å². The summed E-state index contributed by atoms with van der Waals surface area (Å²) in [5.41, 5.74) is 1.40. The molecule has 0 radical (unpaired) electrons. The molecule has 5 heteroatoms. The molecule has 0 unspecified atom stereocenters. The second-order valence-corrected chi connectivity index (χ2v) is 6.19. The summed E-state index contributed by atoms with van der Waals surface area (Å²) in [4.78, 5) is 17.9. The van der Waals surface area contributed by atoms with Gasteiger partial charge < -0.3 is 4.90 Å². The molecule has 21 heavy (non-hydrogen) atoms. The van der Waals surface area contributed by atoms with Gasteiger partial charge in [0.2, 0.25) is 0 Å². The highest BCUT2D eigenvalue weighted by atomic mass is 16.1. The maximum atomic E-state index is 10.8. The molecule has 5 nitrogen and oxygen atoms in total. The summed E-state index contributed by atoms with van der Waals surface area (Å²) in [7, 11) is 0. The summed E-state index contributed by atoms with van der Waals surface area (Å²) in [6.45, 7) is 6.86. The third kappa shape index (κ3) is 3.13. The van der Waals surface area contributed by atoms with Gasteiger partial charge in [-0.1, -0.05) is 0 Å². The molecule has 1 fully saturated rings. The van der Waals surface area contributed by atoms with Crippen LogP contribution in [0.15, 0.2) is 18.3 Å². The molecule has 0 aliphatic carbocycles. The zero-order chi connectivity index (χ0) is 14.8. The van der Waals surface area contributed by atoms with Crippen LogP contribution >= 0.6 is 0 Å². The Morgan fingerprint density at radius 1 is 1.38 bits per heavy atom. The third-order valence-corrected chi connectivity index (χ3v) is 4.39. The van der Waals surface area contributed by atoms with Crippen LogP contribution in [-0.2, 0) is 6.42 Å². The molecule has 0 saturated carbocycles. The van der Waals surface area contributed by atoms with E-state index in [1.807, 2.05) is 0 Å². The van der Waals surface area contributed by atoms with Gasteiger partial charge in [-0.15, -0.1) is 0 Å². The summed E-state index contributed by atoms with van der Waals surface area (Å²) in [5.74, 6) is 1.56. The van der Waals surface area contributed by atoms with E-state index in [-0.39, 0.29) is 0 Å². The van der Waals surface area contributed by atoms with Crippen molar-refractivity contribution in [2.24, 2.45) is 5.92 Å². The summed E-state index contributed by atoms with van der Waals surface area (Å²) in [6.07, 6.45) is 6.01. The fourth-order valence-corrected chi connectivity index (χ4v) is 3.03. The monoisotopic (exact) mass is 286 g/mol. The molecule has 1 saturated heterocycles. The van der Waals surface area contributed by atoms with Crippen molar-refractivity contribution in [1.82, 2.24) is 19.5 Å². The molecule has 2 aromatic heterocycles. The second-order valence-electron chi connectivity index (χ2n) is 6.19. The van der Waals surface area contributed by atoms with Crippen LogP contribution in [0, 0.1) is 5.92 Å². The highest BCUT2D eigenvalue weighted by molar-refractivity contribution is 5.76. The minimum Gasteiger partial charge on any atom is -0.301 e. The molecule has 3 rings (SSSR count). The zero-order valence-electron chi connectivity index (χ0n) is 12.7. The van der Waals surface area contributed by atoms with E-state index in [1.165, 1.54) is 25.9 Å². The SMILES string of the molecule is CC(C)N1CCC(Cc2nc3cc(C=O)ccn3n2)CC1. The van der Waals surface area contributed by atoms with Crippen molar-refractivity contribution in [3.05, 3.63) is 29.7 Å². The zero-order valence-corrected chi connectivity index (χ0v) is 12.7. The van der Waals surface area contributed by atoms with Gasteiger partial charge in [0.15, 0.2) is 11.5 Å². The van der Waals surface area contributed by atoms with Crippen LogP contribution in [-0.4, -0.2) is 44.9 Å². The first-order valence-corrected chi connectivity index (χ1v) is 7.70. The van der Waals surface area contributed by atoms with E-state index in [1.54, 1.807) is 22.8 Å². The van der Waals surface area contributed by atoms with Crippen molar-refractivity contribution < 1.29 is 4.79 Å². The topological polar surface area (TPSA) is 50.5 Å². The molecule has 1 aliphatic heterocycles. The number of likely N-dealkylation sites (tertiary alicyclic amines) is 1. The van der Waals surface area contributed by atoms with Gasteiger partial charge in [0.05, 0.1) is 0 Å². The molecule has 112 valence electrons. The molecule has 0 N–H and O–H groups in total. The quantitative estimate of drug-likeness (QED) is 0.809. The lowest BCUT2D eigenvalue weighted by molar-refractivity contribution is 0.112. The normalized spacial score (nSPS) is 17.7. The number of aldehydes is 1. The number of carbonyl (C=O) groups is 1. The summed E-state index contributed by atoms with van der Waals surface area (Å²) in [6, 6.07) is 4.19. The number of aromatic nitrogens is 3. The maximum absolute atomic E-state index is 10.8. The number of hydrogen-bond acceptors (Lipinski definition) is 4. The van der Waals surface area contributed by atoms with E-state index in [2.05, 4.69) is 28.8 Å². The Hall–Kier alpha value is -1.75. The Kier molecular flexibility index (Phi) is 4.01. The van der Waals surface area contributed by atoms with Crippen LogP contribution in [0.25, 0.3) is 5.65 Å². The van der Waals surface area contributed by atoms with Crippen LogP contribution in [0.5, 0.6) is 0 Å². The van der Waals surface area contributed by atoms with Crippen LogP contribution in [0.4, 0.5) is 0 Å². The number of hydrogen-bond donors (Lipinski definition) is 0. The minimum atomic E-state index is 0.640. The fourth-order valence-electron chi connectivity index (χ4n) is 3.03. The van der Waals surface area contributed by atoms with E-state index in [0.717, 1.165) is 24.2 Å². The first-order valence-electron chi connectivity index (χ1n) is 7.70. The lowest BCUT2D eigenvalue weighted by Gasteiger charge is -2.34. The Morgan fingerprint density at radius 2 is 2.14 bits per heavy atom. The number of fused-ring (bicyclic) bond motifs is 1. The molecule has 0 aromatic carbocycles. The Morgan fingerprint density at radius 3 is 2.81 bits per heavy atom. The average molecular weight is 286 g/mol. The number of rotatable bonds is 4. The Bertz CT molecular complexity index is 626. The molecule has 1 aliphatic rings. The number of pyridine rings is 1. The fraction of sp³-hybridized carbons (Fsp3) is 0.562. The van der Waals surface area contributed by atoms with Gasteiger partial charge in [0, 0.05) is 24.2 Å². The first kappa shape index (κ1) is 14.2. The van der Waals surface area contributed by atoms with Crippen molar-refractivity contribution in [3.63, 3.8) is 0 Å². The largest absolute Gasteiger partial charge is 0.301 e. The molecule has 2 aromatic rings. The lowest BCUT2D eigenvalue weighted by atomic mass is 9.93. The maximum Gasteiger partial charge on any atom is 0.156 e. The second kappa shape index (κ2) is 5.93. The Balaban J connectivity index is 1.67. The summed E-state index contributed by atoms with van der Waals surface area (Å²) in [5, 5.41) is 4.51.